The molecular formula is C28H35N5O4. The van der Waals surface area contributed by atoms with Crippen LogP contribution in [0.1, 0.15) is 61.8 Å². The first-order valence-electron chi connectivity index (χ1n) is 12.3. The zero-order chi connectivity index (χ0) is 27.5. The van der Waals surface area contributed by atoms with Crippen LogP contribution in [0.4, 0.5) is 11.5 Å². The normalized spacial score (nSPS) is 11.5. The number of carbonyl (C=O) groups excluding carboxylic acids is 2. The van der Waals surface area contributed by atoms with Crippen molar-refractivity contribution in [2.75, 3.05) is 18.4 Å². The van der Waals surface area contributed by atoms with E-state index in [-0.39, 0.29) is 40.9 Å². The summed E-state index contributed by atoms with van der Waals surface area (Å²) in [5.41, 5.74) is 3.78. The van der Waals surface area contributed by atoms with Crippen LogP contribution in [0.2, 0.25) is 0 Å². The number of nitro groups is 1. The largest absolute Gasteiger partial charge is 0.329 e. The van der Waals surface area contributed by atoms with Gasteiger partial charge in [0.05, 0.1) is 16.3 Å². The molecule has 0 aliphatic rings. The van der Waals surface area contributed by atoms with Gasteiger partial charge in [-0.05, 0) is 43.5 Å². The molecule has 1 heterocycles. The van der Waals surface area contributed by atoms with Crippen LogP contribution in [-0.2, 0) is 10.2 Å². The Kier molecular flexibility index (Phi) is 8.15. The van der Waals surface area contributed by atoms with E-state index >= 15 is 0 Å². The lowest BCUT2D eigenvalue weighted by Gasteiger charge is -2.24. The Balaban J connectivity index is 1.89. The molecule has 2 aromatic carbocycles. The van der Waals surface area contributed by atoms with Crippen LogP contribution in [0.3, 0.4) is 0 Å². The molecule has 0 aliphatic carbocycles. The number of nitrogens with one attached hydrogen (secondary N) is 1. The van der Waals surface area contributed by atoms with Gasteiger partial charge >= 0.3 is 0 Å². The molecule has 0 bridgehead atoms. The van der Waals surface area contributed by atoms with Crippen LogP contribution in [-0.4, -0.2) is 44.5 Å². The first-order chi connectivity index (χ1) is 17.3. The zero-order valence-electron chi connectivity index (χ0n) is 22.5. The van der Waals surface area contributed by atoms with Crippen molar-refractivity contribution in [3.63, 3.8) is 0 Å². The molecular weight excluding hydrogens is 470 g/mol. The summed E-state index contributed by atoms with van der Waals surface area (Å²) in [6.45, 7) is 14.3. The molecule has 1 N–H and O–H groups in total. The third kappa shape index (κ3) is 6.81. The monoisotopic (exact) mass is 505 g/mol. The van der Waals surface area contributed by atoms with Gasteiger partial charge in [-0.2, -0.15) is 5.10 Å². The van der Waals surface area contributed by atoms with Gasteiger partial charge in [-0.15, -0.1) is 0 Å². The second-order valence-corrected chi connectivity index (χ2v) is 10.8. The zero-order valence-corrected chi connectivity index (χ0v) is 22.5. The van der Waals surface area contributed by atoms with E-state index in [2.05, 4.69) is 32.2 Å². The molecule has 0 unspecified atom stereocenters. The molecule has 9 nitrogen and oxygen atoms in total. The van der Waals surface area contributed by atoms with Crippen molar-refractivity contribution >= 4 is 23.3 Å². The minimum absolute atomic E-state index is 0.0981. The van der Waals surface area contributed by atoms with E-state index in [0.29, 0.717) is 12.4 Å². The number of nitro benzene ring substituents is 1. The van der Waals surface area contributed by atoms with Gasteiger partial charge in [0.15, 0.2) is 0 Å². The maximum atomic E-state index is 13.2. The van der Waals surface area contributed by atoms with E-state index in [1.54, 1.807) is 4.68 Å². The summed E-state index contributed by atoms with van der Waals surface area (Å²) < 4.78 is 1.73. The van der Waals surface area contributed by atoms with E-state index in [9.17, 15) is 19.7 Å². The van der Waals surface area contributed by atoms with Crippen LogP contribution >= 0.6 is 0 Å². The summed E-state index contributed by atoms with van der Waals surface area (Å²) >= 11 is 0. The van der Waals surface area contributed by atoms with Crippen LogP contribution < -0.4 is 5.32 Å². The maximum Gasteiger partial charge on any atom is 0.269 e. The predicted molar refractivity (Wildman–Crippen MR) is 144 cm³/mol. The number of hydrogen-bond donors (Lipinski definition) is 1. The molecule has 0 saturated heterocycles. The molecule has 3 rings (SSSR count). The van der Waals surface area contributed by atoms with Crippen LogP contribution in [0, 0.1) is 29.9 Å². The van der Waals surface area contributed by atoms with Gasteiger partial charge in [0.2, 0.25) is 5.91 Å². The van der Waals surface area contributed by atoms with Crippen LogP contribution in [0.25, 0.3) is 5.69 Å². The highest BCUT2D eigenvalue weighted by Gasteiger charge is 2.24. The Morgan fingerprint density at radius 1 is 1.08 bits per heavy atom. The highest BCUT2D eigenvalue weighted by Crippen LogP contribution is 2.28. The average Bonchev–Trinajstić information content (AvgIpc) is 3.21. The quantitative estimate of drug-likeness (QED) is 0.324. The maximum absolute atomic E-state index is 13.2. The SMILES string of the molecule is Cc1ccc(-n2nc(C(C)(C)C)cc2NC(=O)CN(CC(C)C)C(=O)c2ccc([N+](=O)[O-])cc2)c(C)c1. The number of amides is 2. The van der Waals surface area contributed by atoms with Crippen molar-refractivity contribution in [1.29, 1.82) is 0 Å². The fourth-order valence-electron chi connectivity index (χ4n) is 3.99. The molecule has 0 fully saturated rings. The van der Waals surface area contributed by atoms with Crippen LogP contribution in [0.15, 0.2) is 48.5 Å². The molecule has 37 heavy (non-hydrogen) atoms. The number of hydrogen-bond acceptors (Lipinski definition) is 5. The van der Waals surface area contributed by atoms with Crippen molar-refractivity contribution in [2.24, 2.45) is 5.92 Å². The van der Waals surface area contributed by atoms with Gasteiger partial charge in [-0.1, -0.05) is 52.3 Å². The van der Waals surface area contributed by atoms with E-state index in [4.69, 9.17) is 5.10 Å². The second kappa shape index (κ2) is 10.9. The van der Waals surface area contributed by atoms with E-state index in [1.807, 2.05) is 45.9 Å². The van der Waals surface area contributed by atoms with Crippen molar-refractivity contribution in [3.8, 4) is 5.69 Å². The number of non-ortho nitro benzene ring substituents is 1. The number of aromatic nitrogens is 2. The van der Waals surface area contributed by atoms with E-state index in [1.165, 1.54) is 29.2 Å². The average molecular weight is 506 g/mol. The van der Waals surface area contributed by atoms with Gasteiger partial charge in [-0.25, -0.2) is 4.68 Å². The Bertz CT molecular complexity index is 1300. The number of nitrogens with zero attached hydrogens (tertiary/aromatic N) is 4. The van der Waals surface area contributed by atoms with Gasteiger partial charge in [0.25, 0.3) is 11.6 Å². The first kappa shape index (κ1) is 27.6. The van der Waals surface area contributed by atoms with Crippen LogP contribution in [0.5, 0.6) is 0 Å². The number of benzene rings is 2. The lowest BCUT2D eigenvalue weighted by Crippen LogP contribution is -2.40. The second-order valence-electron chi connectivity index (χ2n) is 10.8. The molecule has 196 valence electrons. The molecule has 0 atom stereocenters. The van der Waals surface area contributed by atoms with Crippen molar-refractivity contribution in [3.05, 3.63) is 81.0 Å². The van der Waals surface area contributed by atoms with Gasteiger partial charge in [0.1, 0.15) is 12.4 Å². The third-order valence-corrected chi connectivity index (χ3v) is 5.86. The molecule has 9 heteroatoms. The molecule has 0 radical (unpaired) electrons. The lowest BCUT2D eigenvalue weighted by molar-refractivity contribution is -0.384. The summed E-state index contributed by atoms with van der Waals surface area (Å²) in [4.78, 5) is 38.3. The minimum atomic E-state index is -0.516. The van der Waals surface area contributed by atoms with Crippen molar-refractivity contribution < 1.29 is 14.5 Å². The molecule has 2 amide bonds. The Morgan fingerprint density at radius 3 is 2.27 bits per heavy atom. The fraction of sp³-hybridized carbons (Fsp3) is 0.393. The molecule has 0 saturated carbocycles. The third-order valence-electron chi connectivity index (χ3n) is 5.86. The number of aryl methyl sites for hydroxylation is 2. The summed E-state index contributed by atoms with van der Waals surface area (Å²) in [5, 5.41) is 18.7. The molecule has 1 aromatic heterocycles. The molecule has 3 aromatic rings. The molecule has 0 spiro atoms. The number of anilines is 1. The summed E-state index contributed by atoms with van der Waals surface area (Å²) in [7, 11) is 0. The Hall–Kier alpha value is -4.01. The standard InChI is InChI=1S/C28H35N5O4/c1-18(2)16-31(27(35)21-9-11-22(12-10-21)33(36)37)17-26(34)29-25-15-24(28(5,6)7)30-32(25)23-13-8-19(3)14-20(23)4/h8-15,18H,16-17H2,1-7H3,(H,29,34). The fourth-order valence-corrected chi connectivity index (χ4v) is 3.99. The number of carbonyl (C=O) groups is 2. The molecule has 0 aliphatic heterocycles. The van der Waals surface area contributed by atoms with Crippen molar-refractivity contribution in [1.82, 2.24) is 14.7 Å². The Morgan fingerprint density at radius 2 is 1.73 bits per heavy atom. The highest BCUT2D eigenvalue weighted by atomic mass is 16.6. The van der Waals surface area contributed by atoms with Crippen molar-refractivity contribution in [2.45, 2.75) is 53.9 Å². The van der Waals surface area contributed by atoms with E-state index in [0.717, 1.165) is 22.5 Å². The van der Waals surface area contributed by atoms with Gasteiger partial charge in [-0.3, -0.25) is 19.7 Å². The first-order valence-corrected chi connectivity index (χ1v) is 12.3. The topological polar surface area (TPSA) is 110 Å². The number of rotatable bonds is 8. The predicted octanol–water partition coefficient (Wildman–Crippen LogP) is 5.43. The summed E-state index contributed by atoms with van der Waals surface area (Å²) in [5.74, 6) is -0.0866. The summed E-state index contributed by atoms with van der Waals surface area (Å²) in [6, 6.07) is 13.3. The van der Waals surface area contributed by atoms with Gasteiger partial charge in [0, 0.05) is 35.7 Å². The lowest BCUT2D eigenvalue weighted by atomic mass is 9.92. The Labute approximate surface area is 217 Å². The summed E-state index contributed by atoms with van der Waals surface area (Å²) in [6.07, 6.45) is 0. The highest BCUT2D eigenvalue weighted by molar-refractivity contribution is 5.99. The van der Waals surface area contributed by atoms with E-state index < -0.39 is 4.92 Å². The van der Waals surface area contributed by atoms with Gasteiger partial charge < -0.3 is 10.2 Å². The smallest absolute Gasteiger partial charge is 0.269 e. The minimum Gasteiger partial charge on any atom is -0.329 e.